The van der Waals surface area contributed by atoms with Crippen molar-refractivity contribution in [2.75, 3.05) is 20.6 Å². The SMILES string of the molecule is CCNC(=NCc1ccc(F)cc1)NCc1ccccc1S(=O)(=O)N(C)C. The van der Waals surface area contributed by atoms with E-state index in [1.807, 2.05) is 6.92 Å². The van der Waals surface area contributed by atoms with E-state index in [2.05, 4.69) is 15.6 Å². The van der Waals surface area contributed by atoms with E-state index < -0.39 is 10.0 Å². The summed E-state index contributed by atoms with van der Waals surface area (Å²) in [6.45, 7) is 3.29. The summed E-state index contributed by atoms with van der Waals surface area (Å²) in [5, 5.41) is 6.27. The molecule has 0 atom stereocenters. The zero-order valence-electron chi connectivity index (χ0n) is 15.7. The Hall–Kier alpha value is -2.45. The number of halogens is 1. The van der Waals surface area contributed by atoms with Crippen LogP contribution in [0, 0.1) is 5.82 Å². The van der Waals surface area contributed by atoms with Crippen LogP contribution in [0.2, 0.25) is 0 Å². The van der Waals surface area contributed by atoms with E-state index in [0.29, 0.717) is 31.2 Å². The number of nitrogens with zero attached hydrogens (tertiary/aromatic N) is 2. The van der Waals surface area contributed by atoms with Crippen LogP contribution in [-0.4, -0.2) is 39.3 Å². The molecule has 0 unspecified atom stereocenters. The van der Waals surface area contributed by atoms with Crippen molar-refractivity contribution in [3.8, 4) is 0 Å². The normalized spacial score (nSPS) is 12.3. The molecule has 2 rings (SSSR count). The van der Waals surface area contributed by atoms with Crippen LogP contribution in [-0.2, 0) is 23.1 Å². The minimum absolute atomic E-state index is 0.261. The van der Waals surface area contributed by atoms with Crippen molar-refractivity contribution in [3.63, 3.8) is 0 Å². The zero-order valence-corrected chi connectivity index (χ0v) is 16.6. The third kappa shape index (κ3) is 5.77. The zero-order chi connectivity index (χ0) is 19.9. The molecular weight excluding hydrogens is 367 g/mol. The Morgan fingerprint density at radius 2 is 1.74 bits per heavy atom. The second-order valence-electron chi connectivity index (χ2n) is 6.07. The first kappa shape index (κ1) is 20.9. The Morgan fingerprint density at radius 3 is 2.37 bits per heavy atom. The Bertz CT molecular complexity index is 881. The van der Waals surface area contributed by atoms with E-state index in [1.54, 1.807) is 36.4 Å². The predicted octanol–water partition coefficient (Wildman–Crippen LogP) is 2.33. The maximum atomic E-state index is 13.0. The molecule has 2 aromatic carbocycles. The standard InChI is InChI=1S/C19H25FN4O2S/c1-4-21-19(22-13-15-9-11-17(20)12-10-15)23-14-16-7-5-6-8-18(16)27(25,26)24(2)3/h5-12H,4,13-14H2,1-3H3,(H2,21,22,23). The van der Waals surface area contributed by atoms with Crippen molar-refractivity contribution in [3.05, 3.63) is 65.5 Å². The molecule has 2 N–H and O–H groups in total. The van der Waals surface area contributed by atoms with Gasteiger partial charge in [0.2, 0.25) is 10.0 Å². The first-order chi connectivity index (χ1) is 12.8. The fourth-order valence-electron chi connectivity index (χ4n) is 2.38. The Morgan fingerprint density at radius 1 is 1.07 bits per heavy atom. The topological polar surface area (TPSA) is 73.8 Å². The Kier molecular flexibility index (Phi) is 7.32. The van der Waals surface area contributed by atoms with Crippen LogP contribution < -0.4 is 10.6 Å². The van der Waals surface area contributed by atoms with Crippen molar-refractivity contribution < 1.29 is 12.8 Å². The predicted molar refractivity (Wildman–Crippen MR) is 105 cm³/mol. The van der Waals surface area contributed by atoms with Gasteiger partial charge in [-0.2, -0.15) is 0 Å². The molecule has 0 amide bonds. The van der Waals surface area contributed by atoms with Crippen LogP contribution in [0.3, 0.4) is 0 Å². The Labute approximate surface area is 160 Å². The fourth-order valence-corrected chi connectivity index (χ4v) is 3.49. The first-order valence-corrected chi connectivity index (χ1v) is 10.1. The van der Waals surface area contributed by atoms with Crippen LogP contribution in [0.4, 0.5) is 4.39 Å². The van der Waals surface area contributed by atoms with E-state index in [-0.39, 0.29) is 10.7 Å². The highest BCUT2D eigenvalue weighted by molar-refractivity contribution is 7.89. The number of hydrogen-bond donors (Lipinski definition) is 2. The molecule has 0 aliphatic rings. The van der Waals surface area contributed by atoms with E-state index in [4.69, 9.17) is 0 Å². The summed E-state index contributed by atoms with van der Waals surface area (Å²) in [6.07, 6.45) is 0. The highest BCUT2D eigenvalue weighted by Crippen LogP contribution is 2.18. The largest absolute Gasteiger partial charge is 0.357 e. The van der Waals surface area contributed by atoms with Crippen molar-refractivity contribution >= 4 is 16.0 Å². The third-order valence-corrected chi connectivity index (χ3v) is 5.77. The molecule has 0 bridgehead atoms. The molecule has 0 aromatic heterocycles. The number of benzene rings is 2. The molecule has 0 saturated heterocycles. The molecular formula is C19H25FN4O2S. The minimum atomic E-state index is -3.53. The lowest BCUT2D eigenvalue weighted by Gasteiger charge is -2.17. The highest BCUT2D eigenvalue weighted by Gasteiger charge is 2.20. The average molecular weight is 393 g/mol. The van der Waals surface area contributed by atoms with Crippen LogP contribution in [0.5, 0.6) is 0 Å². The van der Waals surface area contributed by atoms with E-state index in [9.17, 15) is 12.8 Å². The smallest absolute Gasteiger partial charge is 0.242 e. The molecule has 8 heteroatoms. The van der Waals surface area contributed by atoms with Crippen molar-refractivity contribution in [2.45, 2.75) is 24.9 Å². The summed E-state index contributed by atoms with van der Waals surface area (Å²) in [4.78, 5) is 4.73. The van der Waals surface area contributed by atoms with Gasteiger partial charge in [0.25, 0.3) is 0 Å². The molecule has 0 spiro atoms. The van der Waals surface area contributed by atoms with E-state index in [1.165, 1.54) is 30.5 Å². The van der Waals surface area contributed by atoms with Gasteiger partial charge >= 0.3 is 0 Å². The molecule has 0 aliphatic heterocycles. The summed E-state index contributed by atoms with van der Waals surface area (Å²) < 4.78 is 39.2. The quantitative estimate of drug-likeness (QED) is 0.560. The van der Waals surface area contributed by atoms with Crippen LogP contribution >= 0.6 is 0 Å². The van der Waals surface area contributed by atoms with E-state index >= 15 is 0 Å². The Balaban J connectivity index is 2.14. The molecule has 0 fully saturated rings. The lowest BCUT2D eigenvalue weighted by Crippen LogP contribution is -2.37. The number of guanidine groups is 1. The second-order valence-corrected chi connectivity index (χ2v) is 8.19. The van der Waals surface area contributed by atoms with Crippen LogP contribution in [0.1, 0.15) is 18.1 Å². The van der Waals surface area contributed by atoms with Gasteiger partial charge in [-0.1, -0.05) is 30.3 Å². The molecule has 0 heterocycles. The van der Waals surface area contributed by atoms with Gasteiger partial charge < -0.3 is 10.6 Å². The molecule has 27 heavy (non-hydrogen) atoms. The van der Waals surface area contributed by atoms with E-state index in [0.717, 1.165) is 5.56 Å². The molecule has 6 nitrogen and oxygen atoms in total. The van der Waals surface area contributed by atoms with Gasteiger partial charge in [0.1, 0.15) is 5.82 Å². The maximum Gasteiger partial charge on any atom is 0.242 e. The van der Waals surface area contributed by atoms with Gasteiger partial charge in [0, 0.05) is 27.2 Å². The van der Waals surface area contributed by atoms with Crippen molar-refractivity contribution in [1.82, 2.24) is 14.9 Å². The monoisotopic (exact) mass is 392 g/mol. The molecule has 0 radical (unpaired) electrons. The lowest BCUT2D eigenvalue weighted by atomic mass is 10.2. The second kappa shape index (κ2) is 9.48. The molecule has 0 aliphatic carbocycles. The van der Waals surface area contributed by atoms with Crippen molar-refractivity contribution in [1.29, 1.82) is 0 Å². The summed E-state index contributed by atoms with van der Waals surface area (Å²) in [5.74, 6) is 0.269. The number of nitrogens with one attached hydrogen (secondary N) is 2. The number of hydrogen-bond acceptors (Lipinski definition) is 3. The van der Waals surface area contributed by atoms with Crippen LogP contribution in [0.25, 0.3) is 0 Å². The molecule has 0 saturated carbocycles. The van der Waals surface area contributed by atoms with Crippen molar-refractivity contribution in [2.24, 2.45) is 4.99 Å². The van der Waals surface area contributed by atoms with Gasteiger partial charge in [-0.3, -0.25) is 0 Å². The summed E-state index contributed by atoms with van der Waals surface area (Å²) in [7, 11) is -0.514. The summed E-state index contributed by atoms with van der Waals surface area (Å²) in [5.41, 5.74) is 1.53. The number of aliphatic imine (C=N–C) groups is 1. The fraction of sp³-hybridized carbons (Fsp3) is 0.316. The van der Waals surface area contributed by atoms with Crippen LogP contribution in [0.15, 0.2) is 58.4 Å². The van der Waals surface area contributed by atoms with Gasteiger partial charge in [0.15, 0.2) is 5.96 Å². The summed E-state index contributed by atoms with van der Waals surface area (Å²) >= 11 is 0. The van der Waals surface area contributed by atoms with Gasteiger partial charge in [-0.05, 0) is 36.2 Å². The number of rotatable bonds is 7. The maximum absolute atomic E-state index is 13.0. The number of sulfonamides is 1. The third-order valence-electron chi connectivity index (χ3n) is 3.85. The average Bonchev–Trinajstić information content (AvgIpc) is 2.65. The summed E-state index contributed by atoms with van der Waals surface area (Å²) in [6, 6.07) is 13.0. The molecule has 146 valence electrons. The lowest BCUT2D eigenvalue weighted by molar-refractivity contribution is 0.519. The first-order valence-electron chi connectivity index (χ1n) is 8.61. The van der Waals surface area contributed by atoms with Gasteiger partial charge in [-0.15, -0.1) is 0 Å². The van der Waals surface area contributed by atoms with Gasteiger partial charge in [0.05, 0.1) is 11.4 Å². The molecule has 2 aromatic rings. The highest BCUT2D eigenvalue weighted by atomic mass is 32.2. The minimum Gasteiger partial charge on any atom is -0.357 e. The van der Waals surface area contributed by atoms with Gasteiger partial charge in [-0.25, -0.2) is 22.1 Å².